The van der Waals surface area contributed by atoms with E-state index in [4.69, 9.17) is 0 Å². The second-order valence-electron chi connectivity index (χ2n) is 4.75. The van der Waals surface area contributed by atoms with Crippen LogP contribution in [0.25, 0.3) is 11.0 Å². The number of hydrogen-bond acceptors (Lipinski definition) is 2. The lowest BCUT2D eigenvalue weighted by Gasteiger charge is -2.17. The third-order valence-electron chi connectivity index (χ3n) is 2.48. The van der Waals surface area contributed by atoms with Gasteiger partial charge in [-0.25, -0.2) is 0 Å². The molecule has 0 spiro atoms. The van der Waals surface area contributed by atoms with Gasteiger partial charge in [0.15, 0.2) is 6.29 Å². The first-order valence-electron chi connectivity index (χ1n) is 4.95. The lowest BCUT2D eigenvalue weighted by molar-refractivity contribution is 0.112. The number of aromatic amines is 1. The van der Waals surface area contributed by atoms with Crippen molar-refractivity contribution in [3.8, 4) is 0 Å². The molecule has 0 aliphatic carbocycles. The molecule has 0 atom stereocenters. The maximum absolute atomic E-state index is 10.6. The van der Waals surface area contributed by atoms with Crippen molar-refractivity contribution in [2.75, 3.05) is 0 Å². The van der Waals surface area contributed by atoms with E-state index >= 15 is 0 Å². The second kappa shape index (κ2) is 3.19. The topological polar surface area (TPSA) is 45.8 Å². The summed E-state index contributed by atoms with van der Waals surface area (Å²) in [5.74, 6) is 0. The van der Waals surface area contributed by atoms with Gasteiger partial charge in [-0.3, -0.25) is 9.78 Å². The van der Waals surface area contributed by atoms with Crippen molar-refractivity contribution in [3.05, 3.63) is 29.6 Å². The van der Waals surface area contributed by atoms with E-state index in [1.54, 1.807) is 6.07 Å². The molecule has 78 valence electrons. The molecule has 3 heteroatoms. The number of H-pyrrole nitrogens is 1. The number of aromatic nitrogens is 2. The van der Waals surface area contributed by atoms with Gasteiger partial charge in [-0.1, -0.05) is 20.8 Å². The fraction of sp³-hybridized carbons (Fsp3) is 0.333. The zero-order chi connectivity index (χ0) is 11.1. The van der Waals surface area contributed by atoms with Gasteiger partial charge in [-0.05, 0) is 23.1 Å². The Labute approximate surface area is 88.5 Å². The van der Waals surface area contributed by atoms with Crippen LogP contribution in [0.3, 0.4) is 0 Å². The van der Waals surface area contributed by atoms with Gasteiger partial charge in [-0.15, -0.1) is 0 Å². The highest BCUT2D eigenvalue weighted by Gasteiger charge is 2.15. The molecular formula is C12H14N2O. The van der Waals surface area contributed by atoms with E-state index in [0.717, 1.165) is 22.9 Å². The Morgan fingerprint density at radius 2 is 2.07 bits per heavy atom. The van der Waals surface area contributed by atoms with E-state index in [1.165, 1.54) is 0 Å². The van der Waals surface area contributed by atoms with Crippen molar-refractivity contribution in [1.82, 2.24) is 9.97 Å². The van der Waals surface area contributed by atoms with E-state index in [0.29, 0.717) is 5.69 Å². The van der Waals surface area contributed by atoms with Crippen molar-refractivity contribution in [3.63, 3.8) is 0 Å². The van der Waals surface area contributed by atoms with E-state index in [2.05, 4.69) is 36.8 Å². The Morgan fingerprint density at radius 1 is 1.33 bits per heavy atom. The molecule has 0 radical (unpaired) electrons. The molecule has 0 saturated carbocycles. The van der Waals surface area contributed by atoms with Crippen LogP contribution >= 0.6 is 0 Å². The molecular weight excluding hydrogens is 188 g/mol. The number of hydrogen-bond donors (Lipinski definition) is 1. The highest BCUT2D eigenvalue weighted by Crippen LogP contribution is 2.24. The van der Waals surface area contributed by atoms with Crippen LogP contribution in [0.2, 0.25) is 0 Å². The predicted octanol–water partition coefficient (Wildman–Crippen LogP) is 2.67. The number of nitrogens with one attached hydrogen (secondary N) is 1. The molecule has 0 aliphatic heterocycles. The maximum Gasteiger partial charge on any atom is 0.166 e. The molecule has 0 bridgehead atoms. The first-order valence-corrected chi connectivity index (χ1v) is 4.95. The van der Waals surface area contributed by atoms with Crippen molar-refractivity contribution >= 4 is 17.3 Å². The predicted molar refractivity (Wildman–Crippen MR) is 60.2 cm³/mol. The molecule has 0 saturated heterocycles. The summed E-state index contributed by atoms with van der Waals surface area (Å²) in [6.45, 7) is 6.41. The molecule has 15 heavy (non-hydrogen) atoms. The minimum Gasteiger partial charge on any atom is -0.351 e. The summed E-state index contributed by atoms with van der Waals surface area (Å²) in [5.41, 5.74) is 3.57. The number of rotatable bonds is 1. The molecule has 0 amide bonds. The van der Waals surface area contributed by atoms with Gasteiger partial charge in [0, 0.05) is 6.20 Å². The summed E-state index contributed by atoms with van der Waals surface area (Å²) in [4.78, 5) is 18.0. The molecule has 0 aromatic carbocycles. The maximum atomic E-state index is 10.6. The van der Waals surface area contributed by atoms with Gasteiger partial charge in [0.1, 0.15) is 0 Å². The van der Waals surface area contributed by atoms with Crippen molar-refractivity contribution in [2.24, 2.45) is 0 Å². The SMILES string of the molecule is CC(C)(C)c1cnc2cc(C=O)[nH]c2c1. The normalized spacial score (nSPS) is 11.9. The molecule has 1 N–H and O–H groups in total. The zero-order valence-electron chi connectivity index (χ0n) is 9.16. The minimum atomic E-state index is 0.0770. The lowest BCUT2D eigenvalue weighted by atomic mass is 9.88. The third-order valence-corrected chi connectivity index (χ3v) is 2.48. The van der Waals surface area contributed by atoms with Gasteiger partial charge < -0.3 is 4.98 Å². The average molecular weight is 202 g/mol. The molecule has 2 heterocycles. The van der Waals surface area contributed by atoms with Crippen molar-refractivity contribution < 1.29 is 4.79 Å². The Kier molecular flexibility index (Phi) is 2.11. The van der Waals surface area contributed by atoms with Crippen LogP contribution in [0.4, 0.5) is 0 Å². The minimum absolute atomic E-state index is 0.0770. The van der Waals surface area contributed by atoms with Crippen molar-refractivity contribution in [1.29, 1.82) is 0 Å². The fourth-order valence-electron chi connectivity index (χ4n) is 1.50. The van der Waals surface area contributed by atoms with Crippen LogP contribution in [0.1, 0.15) is 36.8 Å². The Hall–Kier alpha value is -1.64. The van der Waals surface area contributed by atoms with E-state index in [-0.39, 0.29) is 5.41 Å². The number of carbonyl (C=O) groups is 1. The number of carbonyl (C=O) groups excluding carboxylic acids is 1. The Balaban J connectivity index is 2.60. The average Bonchev–Trinajstić information content (AvgIpc) is 2.57. The van der Waals surface area contributed by atoms with Gasteiger partial charge in [0.05, 0.1) is 16.7 Å². The molecule has 2 aromatic rings. The Bertz CT molecular complexity index is 506. The Morgan fingerprint density at radius 3 is 2.67 bits per heavy atom. The molecule has 0 unspecified atom stereocenters. The standard InChI is InChI=1S/C12H14N2O/c1-12(2,3)8-4-11-10(13-6-8)5-9(7-15)14-11/h4-7,14H,1-3H3. The lowest BCUT2D eigenvalue weighted by Crippen LogP contribution is -2.11. The highest BCUT2D eigenvalue weighted by molar-refractivity contribution is 5.85. The van der Waals surface area contributed by atoms with Crippen LogP contribution in [0, 0.1) is 0 Å². The molecule has 2 aromatic heterocycles. The van der Waals surface area contributed by atoms with Gasteiger partial charge in [0.2, 0.25) is 0 Å². The summed E-state index contributed by atoms with van der Waals surface area (Å²) in [5, 5.41) is 0. The number of fused-ring (bicyclic) bond motifs is 1. The van der Waals surface area contributed by atoms with Gasteiger partial charge in [-0.2, -0.15) is 0 Å². The molecule has 3 nitrogen and oxygen atoms in total. The quantitative estimate of drug-likeness (QED) is 0.722. The third kappa shape index (κ3) is 1.77. The first kappa shape index (κ1) is 9.90. The molecule has 2 rings (SSSR count). The van der Waals surface area contributed by atoms with Gasteiger partial charge in [0.25, 0.3) is 0 Å². The largest absolute Gasteiger partial charge is 0.351 e. The number of nitrogens with zero attached hydrogens (tertiary/aromatic N) is 1. The van der Waals surface area contributed by atoms with Crippen LogP contribution in [0.5, 0.6) is 0 Å². The highest BCUT2D eigenvalue weighted by atomic mass is 16.1. The summed E-state index contributed by atoms with van der Waals surface area (Å²) in [6, 6.07) is 3.81. The summed E-state index contributed by atoms with van der Waals surface area (Å²) >= 11 is 0. The summed E-state index contributed by atoms with van der Waals surface area (Å²) in [6.07, 6.45) is 2.67. The molecule has 0 fully saturated rings. The second-order valence-corrected chi connectivity index (χ2v) is 4.75. The van der Waals surface area contributed by atoms with Crippen LogP contribution < -0.4 is 0 Å². The summed E-state index contributed by atoms with van der Waals surface area (Å²) in [7, 11) is 0. The van der Waals surface area contributed by atoms with Crippen LogP contribution in [0.15, 0.2) is 18.3 Å². The van der Waals surface area contributed by atoms with E-state index in [1.807, 2.05) is 6.20 Å². The smallest absolute Gasteiger partial charge is 0.166 e. The van der Waals surface area contributed by atoms with Gasteiger partial charge >= 0.3 is 0 Å². The number of aldehydes is 1. The van der Waals surface area contributed by atoms with Crippen LogP contribution in [-0.2, 0) is 5.41 Å². The van der Waals surface area contributed by atoms with E-state index < -0.39 is 0 Å². The monoisotopic (exact) mass is 202 g/mol. The fourth-order valence-corrected chi connectivity index (χ4v) is 1.50. The number of pyridine rings is 1. The first-order chi connectivity index (χ1) is 7.00. The van der Waals surface area contributed by atoms with Crippen molar-refractivity contribution in [2.45, 2.75) is 26.2 Å². The summed E-state index contributed by atoms with van der Waals surface area (Å²) < 4.78 is 0. The zero-order valence-corrected chi connectivity index (χ0v) is 9.16. The van der Waals surface area contributed by atoms with Crippen LogP contribution in [-0.4, -0.2) is 16.3 Å². The van der Waals surface area contributed by atoms with E-state index in [9.17, 15) is 4.79 Å². The molecule has 0 aliphatic rings.